The van der Waals surface area contributed by atoms with E-state index in [-0.39, 0.29) is 24.8 Å². The molecule has 4 rings (SSSR count). The predicted octanol–water partition coefficient (Wildman–Crippen LogP) is 2.88. The number of nitrogens with one attached hydrogen (secondary N) is 1. The molecule has 0 bridgehead atoms. The van der Waals surface area contributed by atoms with Crippen LogP contribution in [0.25, 0.3) is 10.4 Å². The van der Waals surface area contributed by atoms with Crippen molar-refractivity contribution >= 4 is 23.2 Å². The Bertz CT molecular complexity index is 1060. The SMILES string of the molecule is CCC(C(=O)N1C[C@H](O)C[C@H]1C(=O)NCc1ccc(-c2cncs2)cc1)c1cc(C)no1. The standard InChI is InChI=1S/C23H26N4O4S/c1-3-18(20-8-14(2)26-31-20)23(30)27-12-17(28)9-19(27)22(29)25-10-15-4-6-16(7-5-15)21-11-24-13-32-21/h4-8,11,13,17-19,28H,3,9-10,12H2,1-2H3,(H,25,29)/t17-,18?,19+/m1/s1. The maximum Gasteiger partial charge on any atom is 0.243 e. The van der Waals surface area contributed by atoms with Gasteiger partial charge in [-0.05, 0) is 24.5 Å². The third kappa shape index (κ3) is 4.73. The number of carbonyl (C=O) groups is 2. The molecule has 2 N–H and O–H groups in total. The quantitative estimate of drug-likeness (QED) is 0.568. The second kappa shape index (κ2) is 9.62. The van der Waals surface area contributed by atoms with Crippen LogP contribution in [0.2, 0.25) is 0 Å². The van der Waals surface area contributed by atoms with Gasteiger partial charge < -0.3 is 19.8 Å². The van der Waals surface area contributed by atoms with Gasteiger partial charge in [-0.1, -0.05) is 36.3 Å². The highest BCUT2D eigenvalue weighted by molar-refractivity contribution is 7.13. The molecule has 0 radical (unpaired) electrons. The first-order chi connectivity index (χ1) is 15.5. The second-order valence-electron chi connectivity index (χ2n) is 8.01. The molecule has 3 aromatic rings. The number of hydrogen-bond donors (Lipinski definition) is 2. The molecule has 1 unspecified atom stereocenters. The zero-order valence-electron chi connectivity index (χ0n) is 18.0. The van der Waals surface area contributed by atoms with Gasteiger partial charge in [0, 0.05) is 31.8 Å². The summed E-state index contributed by atoms with van der Waals surface area (Å²) in [7, 11) is 0. The van der Waals surface area contributed by atoms with Crippen molar-refractivity contribution in [3.63, 3.8) is 0 Å². The summed E-state index contributed by atoms with van der Waals surface area (Å²) in [5, 5.41) is 17.0. The lowest BCUT2D eigenvalue weighted by Gasteiger charge is -2.26. The molecule has 8 nitrogen and oxygen atoms in total. The van der Waals surface area contributed by atoms with Gasteiger partial charge >= 0.3 is 0 Å². The molecule has 9 heteroatoms. The monoisotopic (exact) mass is 454 g/mol. The van der Waals surface area contributed by atoms with E-state index < -0.39 is 18.1 Å². The molecule has 1 aromatic carbocycles. The van der Waals surface area contributed by atoms with Crippen molar-refractivity contribution in [1.82, 2.24) is 20.4 Å². The van der Waals surface area contributed by atoms with E-state index in [0.29, 0.717) is 24.4 Å². The van der Waals surface area contributed by atoms with Crippen LogP contribution in [-0.4, -0.2) is 50.7 Å². The molecule has 1 aliphatic rings. The van der Waals surface area contributed by atoms with Crippen molar-refractivity contribution in [2.45, 2.75) is 51.3 Å². The van der Waals surface area contributed by atoms with Crippen molar-refractivity contribution < 1.29 is 19.2 Å². The molecular formula is C23H26N4O4S. The van der Waals surface area contributed by atoms with Gasteiger partial charge in [-0.2, -0.15) is 0 Å². The number of aryl methyl sites for hydroxylation is 1. The maximum absolute atomic E-state index is 13.2. The summed E-state index contributed by atoms with van der Waals surface area (Å²) >= 11 is 1.57. The fourth-order valence-electron chi connectivity index (χ4n) is 4.00. The van der Waals surface area contributed by atoms with Crippen LogP contribution in [0.1, 0.15) is 42.7 Å². The number of likely N-dealkylation sites (tertiary alicyclic amines) is 1. The van der Waals surface area contributed by atoms with Crippen LogP contribution in [0.5, 0.6) is 0 Å². The molecule has 1 fully saturated rings. The molecule has 3 heterocycles. The number of benzene rings is 1. The Morgan fingerprint density at radius 2 is 2.12 bits per heavy atom. The van der Waals surface area contributed by atoms with Crippen LogP contribution in [0.4, 0.5) is 0 Å². The van der Waals surface area contributed by atoms with E-state index in [0.717, 1.165) is 16.0 Å². The van der Waals surface area contributed by atoms with Crippen LogP contribution in [0.3, 0.4) is 0 Å². The van der Waals surface area contributed by atoms with Gasteiger partial charge in [-0.3, -0.25) is 14.6 Å². The molecule has 1 aliphatic heterocycles. The van der Waals surface area contributed by atoms with Gasteiger partial charge in [-0.15, -0.1) is 11.3 Å². The molecule has 2 aromatic heterocycles. The largest absolute Gasteiger partial charge is 0.391 e. The van der Waals surface area contributed by atoms with Gasteiger partial charge in [0.05, 0.1) is 28.1 Å². The molecule has 168 valence electrons. The number of aromatic nitrogens is 2. The van der Waals surface area contributed by atoms with Crippen LogP contribution in [-0.2, 0) is 16.1 Å². The smallest absolute Gasteiger partial charge is 0.243 e. The summed E-state index contributed by atoms with van der Waals surface area (Å²) in [5.41, 5.74) is 4.51. The number of aliphatic hydroxyl groups excluding tert-OH is 1. The van der Waals surface area contributed by atoms with E-state index in [2.05, 4.69) is 15.5 Å². The molecule has 2 amide bonds. The van der Waals surface area contributed by atoms with Crippen LogP contribution < -0.4 is 5.32 Å². The highest BCUT2D eigenvalue weighted by Crippen LogP contribution is 2.28. The summed E-state index contributed by atoms with van der Waals surface area (Å²) in [6, 6.07) is 8.93. The lowest BCUT2D eigenvalue weighted by molar-refractivity contribution is -0.140. The first-order valence-corrected chi connectivity index (χ1v) is 11.5. The number of thiazole rings is 1. The van der Waals surface area contributed by atoms with E-state index in [1.165, 1.54) is 4.90 Å². The Morgan fingerprint density at radius 3 is 2.75 bits per heavy atom. The molecular weight excluding hydrogens is 428 g/mol. The summed E-state index contributed by atoms with van der Waals surface area (Å²) in [6.45, 7) is 4.15. The minimum absolute atomic E-state index is 0.129. The van der Waals surface area contributed by atoms with Crippen LogP contribution in [0, 0.1) is 6.92 Å². The van der Waals surface area contributed by atoms with E-state index in [1.54, 1.807) is 29.8 Å². The summed E-state index contributed by atoms with van der Waals surface area (Å²) in [6.07, 6.45) is 1.82. The van der Waals surface area contributed by atoms with Crippen molar-refractivity contribution in [1.29, 1.82) is 0 Å². The predicted molar refractivity (Wildman–Crippen MR) is 120 cm³/mol. The van der Waals surface area contributed by atoms with Crippen molar-refractivity contribution in [3.05, 3.63) is 59.1 Å². The Kier molecular flexibility index (Phi) is 6.66. The lowest BCUT2D eigenvalue weighted by atomic mass is 10.0. The number of aliphatic hydroxyl groups is 1. The minimum atomic E-state index is -0.734. The lowest BCUT2D eigenvalue weighted by Crippen LogP contribution is -2.47. The highest BCUT2D eigenvalue weighted by atomic mass is 32.1. The van der Waals surface area contributed by atoms with Crippen LogP contribution in [0.15, 0.2) is 46.6 Å². The number of carbonyl (C=O) groups excluding carboxylic acids is 2. The third-order valence-electron chi connectivity index (χ3n) is 5.70. The fraction of sp³-hybridized carbons (Fsp3) is 0.391. The minimum Gasteiger partial charge on any atom is -0.391 e. The van der Waals surface area contributed by atoms with Gasteiger partial charge in [0.1, 0.15) is 11.8 Å². The summed E-state index contributed by atoms with van der Waals surface area (Å²) in [5.74, 6) is -0.549. The average molecular weight is 455 g/mol. The van der Waals surface area contributed by atoms with E-state index in [4.69, 9.17) is 4.52 Å². The first-order valence-electron chi connectivity index (χ1n) is 10.6. The molecule has 0 saturated carbocycles. The van der Waals surface area contributed by atoms with E-state index in [1.807, 2.05) is 37.4 Å². The third-order valence-corrected chi connectivity index (χ3v) is 6.52. The average Bonchev–Trinajstić information content (AvgIpc) is 3.54. The Morgan fingerprint density at radius 1 is 1.34 bits per heavy atom. The molecule has 0 aliphatic carbocycles. The normalized spacial score (nSPS) is 19.2. The molecule has 32 heavy (non-hydrogen) atoms. The van der Waals surface area contributed by atoms with Crippen molar-refractivity contribution in [2.75, 3.05) is 6.54 Å². The Labute approximate surface area is 190 Å². The number of nitrogens with zero attached hydrogens (tertiary/aromatic N) is 3. The summed E-state index contributed by atoms with van der Waals surface area (Å²) < 4.78 is 5.30. The fourth-order valence-corrected chi connectivity index (χ4v) is 4.63. The molecule has 0 spiro atoms. The number of hydrogen-bond acceptors (Lipinski definition) is 7. The number of rotatable bonds is 7. The Hall–Kier alpha value is -3.04. The highest BCUT2D eigenvalue weighted by Gasteiger charge is 2.41. The van der Waals surface area contributed by atoms with Gasteiger partial charge in [0.15, 0.2) is 0 Å². The van der Waals surface area contributed by atoms with Crippen LogP contribution >= 0.6 is 11.3 Å². The number of amides is 2. The van der Waals surface area contributed by atoms with E-state index in [9.17, 15) is 14.7 Å². The maximum atomic E-state index is 13.2. The molecule has 1 saturated heterocycles. The zero-order chi connectivity index (χ0) is 22.7. The van der Waals surface area contributed by atoms with E-state index >= 15 is 0 Å². The van der Waals surface area contributed by atoms with Crippen molar-refractivity contribution in [2.24, 2.45) is 0 Å². The number of β-amino-alcohol motifs (C(OH)–C–C–N with tert-alkyl or cyclic N) is 1. The molecule has 3 atom stereocenters. The Balaban J connectivity index is 1.41. The zero-order valence-corrected chi connectivity index (χ0v) is 18.8. The summed E-state index contributed by atoms with van der Waals surface area (Å²) in [4.78, 5) is 32.8. The first kappa shape index (κ1) is 22.2. The van der Waals surface area contributed by atoms with Gasteiger partial charge in [-0.25, -0.2) is 0 Å². The topological polar surface area (TPSA) is 109 Å². The van der Waals surface area contributed by atoms with Crippen molar-refractivity contribution in [3.8, 4) is 10.4 Å². The van der Waals surface area contributed by atoms with Gasteiger partial charge in [0.25, 0.3) is 0 Å². The second-order valence-corrected chi connectivity index (χ2v) is 8.89. The van der Waals surface area contributed by atoms with Gasteiger partial charge in [0.2, 0.25) is 11.8 Å².